The summed E-state index contributed by atoms with van der Waals surface area (Å²) >= 11 is 0. The molecule has 0 aliphatic rings. The van der Waals surface area contributed by atoms with Crippen LogP contribution in [0.5, 0.6) is 0 Å². The van der Waals surface area contributed by atoms with Crippen LogP contribution >= 0.6 is 0 Å². The van der Waals surface area contributed by atoms with Crippen LogP contribution in [0.3, 0.4) is 0 Å². The van der Waals surface area contributed by atoms with Crippen molar-refractivity contribution in [2.45, 2.75) is 0 Å². The minimum Gasteiger partial charge on any atom is -0.397 e. The first-order chi connectivity index (χ1) is 8.83. The molecule has 0 bridgehead atoms. The Morgan fingerprint density at radius 1 is 0.889 bits per heavy atom. The van der Waals surface area contributed by atoms with E-state index < -0.39 is 0 Å². The number of nitrogens with two attached hydrogens (primary N) is 1. The van der Waals surface area contributed by atoms with Crippen LogP contribution in [0.25, 0.3) is 16.9 Å². The van der Waals surface area contributed by atoms with Gasteiger partial charge in [0.05, 0.1) is 18.1 Å². The summed E-state index contributed by atoms with van der Waals surface area (Å²) in [7, 11) is 0. The molecule has 0 aliphatic carbocycles. The van der Waals surface area contributed by atoms with Gasteiger partial charge in [-0.2, -0.15) is 5.10 Å². The zero-order valence-corrected chi connectivity index (χ0v) is 9.69. The number of hydrogen-bond acceptors (Lipinski definition) is 3. The predicted molar refractivity (Wildman–Crippen MR) is 71.2 cm³/mol. The second kappa shape index (κ2) is 4.33. The van der Waals surface area contributed by atoms with Gasteiger partial charge in [0.2, 0.25) is 0 Å². The highest BCUT2D eigenvalue weighted by Gasteiger charge is 2.03. The van der Waals surface area contributed by atoms with Gasteiger partial charge in [0.1, 0.15) is 0 Å². The Morgan fingerprint density at radius 2 is 1.72 bits per heavy atom. The number of pyridine rings is 1. The molecule has 0 atom stereocenters. The van der Waals surface area contributed by atoms with Crippen LogP contribution in [0.15, 0.2) is 61.1 Å². The molecule has 0 spiro atoms. The third-order valence-corrected chi connectivity index (χ3v) is 2.70. The van der Waals surface area contributed by atoms with Gasteiger partial charge in [0, 0.05) is 11.8 Å². The average Bonchev–Trinajstić information content (AvgIpc) is 2.90. The van der Waals surface area contributed by atoms with E-state index in [-0.39, 0.29) is 0 Å². The van der Waals surface area contributed by atoms with E-state index in [4.69, 9.17) is 5.73 Å². The van der Waals surface area contributed by atoms with Gasteiger partial charge >= 0.3 is 0 Å². The summed E-state index contributed by atoms with van der Waals surface area (Å²) < 4.78 is 1.74. The molecule has 4 nitrogen and oxygen atoms in total. The molecule has 0 radical (unpaired) electrons. The van der Waals surface area contributed by atoms with Gasteiger partial charge in [-0.1, -0.05) is 30.3 Å². The van der Waals surface area contributed by atoms with Gasteiger partial charge in [-0.25, -0.2) is 9.67 Å². The first-order valence-corrected chi connectivity index (χ1v) is 5.65. The van der Waals surface area contributed by atoms with E-state index in [1.54, 1.807) is 10.9 Å². The smallest absolute Gasteiger partial charge is 0.153 e. The molecule has 0 unspecified atom stereocenters. The minimum absolute atomic E-state index is 0.647. The fourth-order valence-electron chi connectivity index (χ4n) is 1.76. The van der Waals surface area contributed by atoms with Crippen LogP contribution < -0.4 is 5.73 Å². The number of aromatic nitrogens is 3. The molecule has 0 saturated carbocycles. The Bertz CT molecular complexity index is 641. The standard InChI is InChI=1S/C14H12N4/c15-13-6-7-14(16-9-13)18-10-12(8-17-18)11-4-2-1-3-5-11/h1-10H,15H2. The zero-order chi connectivity index (χ0) is 12.4. The van der Waals surface area contributed by atoms with Gasteiger partial charge in [-0.05, 0) is 17.7 Å². The van der Waals surface area contributed by atoms with Crippen molar-refractivity contribution in [2.75, 3.05) is 5.73 Å². The SMILES string of the molecule is Nc1ccc(-n2cc(-c3ccccc3)cn2)nc1. The van der Waals surface area contributed by atoms with E-state index in [1.807, 2.05) is 42.7 Å². The van der Waals surface area contributed by atoms with Crippen molar-refractivity contribution in [1.29, 1.82) is 0 Å². The zero-order valence-electron chi connectivity index (χ0n) is 9.69. The van der Waals surface area contributed by atoms with Gasteiger partial charge < -0.3 is 5.73 Å². The molecule has 1 aromatic carbocycles. The summed E-state index contributed by atoms with van der Waals surface area (Å²) in [6.07, 6.45) is 5.40. The van der Waals surface area contributed by atoms with Crippen LogP contribution in [0.1, 0.15) is 0 Å². The summed E-state index contributed by atoms with van der Waals surface area (Å²) in [6.45, 7) is 0. The van der Waals surface area contributed by atoms with E-state index in [0.29, 0.717) is 5.69 Å². The molecule has 0 aliphatic heterocycles. The third-order valence-electron chi connectivity index (χ3n) is 2.70. The number of nitrogen functional groups attached to an aromatic ring is 1. The van der Waals surface area contributed by atoms with Crippen molar-refractivity contribution in [2.24, 2.45) is 0 Å². The highest BCUT2D eigenvalue weighted by Crippen LogP contribution is 2.19. The van der Waals surface area contributed by atoms with Gasteiger partial charge in [0.15, 0.2) is 5.82 Å². The molecule has 3 rings (SSSR count). The quantitative estimate of drug-likeness (QED) is 0.743. The summed E-state index contributed by atoms with van der Waals surface area (Å²) in [5, 5.41) is 4.31. The van der Waals surface area contributed by atoms with Crippen molar-refractivity contribution in [1.82, 2.24) is 14.8 Å². The second-order valence-electron chi connectivity index (χ2n) is 3.99. The number of benzene rings is 1. The molecular formula is C14H12N4. The van der Waals surface area contributed by atoms with E-state index in [2.05, 4.69) is 22.2 Å². The molecule has 18 heavy (non-hydrogen) atoms. The van der Waals surface area contributed by atoms with Crippen molar-refractivity contribution in [3.05, 3.63) is 61.1 Å². The molecule has 0 fully saturated rings. The number of nitrogens with zero attached hydrogens (tertiary/aromatic N) is 3. The topological polar surface area (TPSA) is 56.7 Å². The summed E-state index contributed by atoms with van der Waals surface area (Å²) in [5.74, 6) is 0.756. The lowest BCUT2D eigenvalue weighted by Gasteiger charge is -1.99. The lowest BCUT2D eigenvalue weighted by molar-refractivity contribution is 0.847. The Labute approximate surface area is 105 Å². The van der Waals surface area contributed by atoms with Crippen LogP contribution in [0, 0.1) is 0 Å². The number of rotatable bonds is 2. The van der Waals surface area contributed by atoms with E-state index in [0.717, 1.165) is 16.9 Å². The van der Waals surface area contributed by atoms with Crippen molar-refractivity contribution >= 4 is 5.69 Å². The fourth-order valence-corrected chi connectivity index (χ4v) is 1.76. The Balaban J connectivity index is 1.97. The molecule has 88 valence electrons. The van der Waals surface area contributed by atoms with Crippen LogP contribution in [0.4, 0.5) is 5.69 Å². The lowest BCUT2D eigenvalue weighted by atomic mass is 10.1. The van der Waals surface area contributed by atoms with Gasteiger partial charge in [-0.15, -0.1) is 0 Å². The van der Waals surface area contributed by atoms with Crippen molar-refractivity contribution in [3.63, 3.8) is 0 Å². The average molecular weight is 236 g/mol. The number of anilines is 1. The van der Waals surface area contributed by atoms with E-state index >= 15 is 0 Å². The minimum atomic E-state index is 0.647. The largest absolute Gasteiger partial charge is 0.397 e. The molecule has 2 aromatic heterocycles. The van der Waals surface area contributed by atoms with Gasteiger partial charge in [-0.3, -0.25) is 0 Å². The molecule has 2 heterocycles. The Morgan fingerprint density at radius 3 is 2.44 bits per heavy atom. The van der Waals surface area contributed by atoms with Gasteiger partial charge in [0.25, 0.3) is 0 Å². The molecule has 2 N–H and O–H groups in total. The second-order valence-corrected chi connectivity index (χ2v) is 3.99. The van der Waals surface area contributed by atoms with Crippen LogP contribution in [0.2, 0.25) is 0 Å². The molecule has 0 amide bonds. The molecular weight excluding hydrogens is 224 g/mol. The van der Waals surface area contributed by atoms with Crippen molar-refractivity contribution < 1.29 is 0 Å². The Hall–Kier alpha value is -2.62. The third kappa shape index (κ3) is 1.96. The van der Waals surface area contributed by atoms with Crippen molar-refractivity contribution in [3.8, 4) is 16.9 Å². The first kappa shape index (κ1) is 10.5. The highest BCUT2D eigenvalue weighted by molar-refractivity contribution is 5.61. The summed E-state index contributed by atoms with van der Waals surface area (Å²) in [5.41, 5.74) is 8.46. The highest BCUT2D eigenvalue weighted by atomic mass is 15.3. The maximum absolute atomic E-state index is 5.61. The maximum Gasteiger partial charge on any atom is 0.153 e. The molecule has 4 heteroatoms. The fraction of sp³-hybridized carbons (Fsp3) is 0. The number of hydrogen-bond donors (Lipinski definition) is 1. The maximum atomic E-state index is 5.61. The molecule has 0 saturated heterocycles. The van der Waals surface area contributed by atoms with E-state index in [9.17, 15) is 0 Å². The molecule has 3 aromatic rings. The first-order valence-electron chi connectivity index (χ1n) is 5.65. The predicted octanol–water partition coefficient (Wildman–Crippen LogP) is 2.52. The van der Waals surface area contributed by atoms with Crippen LogP contribution in [-0.4, -0.2) is 14.8 Å². The normalized spacial score (nSPS) is 10.4. The summed E-state index contributed by atoms with van der Waals surface area (Å²) in [6, 6.07) is 13.8. The Kier molecular flexibility index (Phi) is 2.53. The van der Waals surface area contributed by atoms with Crippen LogP contribution in [-0.2, 0) is 0 Å². The summed E-state index contributed by atoms with van der Waals surface area (Å²) in [4.78, 5) is 4.23. The lowest BCUT2D eigenvalue weighted by Crippen LogP contribution is -1.98. The van der Waals surface area contributed by atoms with E-state index in [1.165, 1.54) is 0 Å². The monoisotopic (exact) mass is 236 g/mol.